The van der Waals surface area contributed by atoms with E-state index in [-0.39, 0.29) is 17.5 Å². The van der Waals surface area contributed by atoms with E-state index in [9.17, 15) is 9.59 Å². The number of Topliss-reactive ketones (excluding diaryl/α,β-unsaturated/α-hetero) is 1. The normalized spacial score (nSPS) is 17.0. The molecule has 0 bridgehead atoms. The Labute approximate surface area is 157 Å². The molecule has 27 heavy (non-hydrogen) atoms. The fourth-order valence-corrected chi connectivity index (χ4v) is 2.98. The summed E-state index contributed by atoms with van der Waals surface area (Å²) in [7, 11) is 1.54. The van der Waals surface area contributed by atoms with Crippen LogP contribution in [0.3, 0.4) is 0 Å². The summed E-state index contributed by atoms with van der Waals surface area (Å²) in [6.07, 6.45) is 0.746. The summed E-state index contributed by atoms with van der Waals surface area (Å²) in [6.45, 7) is 5.83. The van der Waals surface area contributed by atoms with E-state index in [0.717, 1.165) is 0 Å². The highest BCUT2D eigenvalue weighted by molar-refractivity contribution is 5.99. The molecule has 2 aromatic rings. The van der Waals surface area contributed by atoms with Crippen molar-refractivity contribution in [1.82, 2.24) is 15.0 Å². The van der Waals surface area contributed by atoms with E-state index in [1.807, 2.05) is 12.1 Å². The summed E-state index contributed by atoms with van der Waals surface area (Å²) < 4.78 is 15.9. The van der Waals surface area contributed by atoms with Crippen molar-refractivity contribution in [1.29, 1.82) is 0 Å². The van der Waals surface area contributed by atoms with E-state index >= 15 is 0 Å². The fourth-order valence-electron chi connectivity index (χ4n) is 2.98. The number of methoxy groups -OCH3 is 1. The summed E-state index contributed by atoms with van der Waals surface area (Å²) in [6, 6.07) is 6.51. The van der Waals surface area contributed by atoms with Gasteiger partial charge < -0.3 is 14.0 Å². The highest BCUT2D eigenvalue weighted by Crippen LogP contribution is 2.29. The average Bonchev–Trinajstić information content (AvgIpc) is 3.29. The Bertz CT molecular complexity index is 840. The lowest BCUT2D eigenvalue weighted by Crippen LogP contribution is -2.43. The van der Waals surface area contributed by atoms with Gasteiger partial charge in [0.1, 0.15) is 17.4 Å². The maximum Gasteiger partial charge on any atom is 0.410 e. The molecule has 0 unspecified atom stereocenters. The monoisotopic (exact) mass is 373 g/mol. The molecule has 0 spiro atoms. The second-order valence-corrected chi connectivity index (χ2v) is 7.32. The smallest absolute Gasteiger partial charge is 0.410 e. The minimum atomic E-state index is -0.650. The highest BCUT2D eigenvalue weighted by atomic mass is 16.6. The molecule has 1 atom stereocenters. The molecule has 0 aliphatic carbocycles. The number of para-hydroxylation sites is 1. The molecular formula is C19H23N3O5. The highest BCUT2D eigenvalue weighted by Gasteiger charge is 2.38. The number of ketones is 1. The third kappa shape index (κ3) is 4.10. The Kier molecular flexibility index (Phi) is 5.16. The van der Waals surface area contributed by atoms with Gasteiger partial charge in [0.2, 0.25) is 11.6 Å². The predicted molar refractivity (Wildman–Crippen MR) is 96.6 cm³/mol. The molecule has 1 fully saturated rings. The van der Waals surface area contributed by atoms with Crippen molar-refractivity contribution >= 4 is 11.9 Å². The van der Waals surface area contributed by atoms with Gasteiger partial charge in [0.05, 0.1) is 12.7 Å². The number of rotatable bonds is 4. The van der Waals surface area contributed by atoms with Crippen molar-refractivity contribution in [2.24, 2.45) is 0 Å². The van der Waals surface area contributed by atoms with Crippen LogP contribution in [-0.2, 0) is 4.74 Å². The number of carbonyl (C=O) groups is 2. The van der Waals surface area contributed by atoms with Crippen LogP contribution < -0.4 is 4.74 Å². The lowest BCUT2D eigenvalue weighted by atomic mass is 10.1. The van der Waals surface area contributed by atoms with Crippen LogP contribution in [0, 0.1) is 0 Å². The first-order valence-corrected chi connectivity index (χ1v) is 8.81. The van der Waals surface area contributed by atoms with Crippen LogP contribution in [0.25, 0.3) is 11.5 Å². The molecule has 1 aromatic carbocycles. The van der Waals surface area contributed by atoms with Crippen molar-refractivity contribution in [3.63, 3.8) is 0 Å². The molecule has 2 heterocycles. The Hall–Kier alpha value is -2.90. The number of benzene rings is 1. The molecular weight excluding hydrogens is 350 g/mol. The molecule has 1 amide bonds. The molecule has 8 heteroatoms. The third-order valence-corrected chi connectivity index (χ3v) is 4.17. The van der Waals surface area contributed by atoms with Gasteiger partial charge in [-0.15, -0.1) is 0 Å². The SMILES string of the molecule is COc1ccccc1-c1nc(C(=O)[C@@H]2CCCN2C(=O)OC(C)(C)C)no1. The molecule has 1 saturated heterocycles. The Morgan fingerprint density at radius 3 is 2.70 bits per heavy atom. The number of ether oxygens (including phenoxy) is 2. The Morgan fingerprint density at radius 1 is 1.26 bits per heavy atom. The minimum absolute atomic E-state index is 0.0589. The maximum atomic E-state index is 12.9. The van der Waals surface area contributed by atoms with Crippen molar-refractivity contribution in [3.05, 3.63) is 30.1 Å². The molecule has 144 valence electrons. The van der Waals surface area contributed by atoms with Crippen LogP contribution in [0.2, 0.25) is 0 Å². The molecule has 0 radical (unpaired) electrons. The summed E-state index contributed by atoms with van der Waals surface area (Å²) >= 11 is 0. The quantitative estimate of drug-likeness (QED) is 0.759. The van der Waals surface area contributed by atoms with Gasteiger partial charge in [0.25, 0.3) is 5.89 Å². The standard InChI is InChI=1S/C19H23N3O5/c1-19(2,3)26-18(24)22-11-7-9-13(22)15(23)16-20-17(27-21-16)12-8-5-6-10-14(12)25-4/h5-6,8,10,13H,7,9,11H2,1-4H3/t13-/m0/s1. The van der Waals surface area contributed by atoms with Gasteiger partial charge >= 0.3 is 6.09 Å². The number of hydrogen-bond acceptors (Lipinski definition) is 7. The lowest BCUT2D eigenvalue weighted by Gasteiger charge is -2.27. The molecule has 8 nitrogen and oxygen atoms in total. The maximum absolute atomic E-state index is 12.9. The van der Waals surface area contributed by atoms with Crippen molar-refractivity contribution in [2.45, 2.75) is 45.3 Å². The van der Waals surface area contributed by atoms with Crippen LogP contribution >= 0.6 is 0 Å². The first-order valence-electron chi connectivity index (χ1n) is 8.81. The number of likely N-dealkylation sites (tertiary alicyclic amines) is 1. The van der Waals surface area contributed by atoms with E-state index in [0.29, 0.717) is 30.7 Å². The van der Waals surface area contributed by atoms with E-state index in [4.69, 9.17) is 14.0 Å². The number of nitrogens with zero attached hydrogens (tertiary/aromatic N) is 3. The number of carbonyl (C=O) groups excluding carboxylic acids is 2. The Morgan fingerprint density at radius 2 is 2.00 bits per heavy atom. The van der Waals surface area contributed by atoms with E-state index in [2.05, 4.69) is 10.1 Å². The second-order valence-electron chi connectivity index (χ2n) is 7.32. The summed E-state index contributed by atoms with van der Waals surface area (Å²) in [5.74, 6) is 0.341. The van der Waals surface area contributed by atoms with Gasteiger partial charge in [0, 0.05) is 6.54 Å². The van der Waals surface area contributed by atoms with Gasteiger partial charge in [0.15, 0.2) is 0 Å². The van der Waals surface area contributed by atoms with E-state index < -0.39 is 17.7 Å². The number of hydrogen-bond donors (Lipinski definition) is 0. The Balaban J connectivity index is 1.80. The second kappa shape index (κ2) is 7.38. The molecule has 1 aromatic heterocycles. The van der Waals surface area contributed by atoms with Crippen molar-refractivity contribution in [3.8, 4) is 17.2 Å². The van der Waals surface area contributed by atoms with Crippen molar-refractivity contribution in [2.75, 3.05) is 13.7 Å². The molecule has 0 N–H and O–H groups in total. The number of aromatic nitrogens is 2. The van der Waals surface area contributed by atoms with Crippen LogP contribution in [0.4, 0.5) is 4.79 Å². The van der Waals surface area contributed by atoms with Gasteiger partial charge in [-0.3, -0.25) is 9.69 Å². The number of amides is 1. The first kappa shape index (κ1) is 18.9. The van der Waals surface area contributed by atoms with Crippen molar-refractivity contribution < 1.29 is 23.6 Å². The summed E-state index contributed by atoms with van der Waals surface area (Å²) in [4.78, 5) is 30.9. The minimum Gasteiger partial charge on any atom is -0.496 e. The van der Waals surface area contributed by atoms with Gasteiger partial charge in [-0.1, -0.05) is 17.3 Å². The van der Waals surface area contributed by atoms with E-state index in [1.165, 1.54) is 4.90 Å². The zero-order chi connectivity index (χ0) is 19.6. The topological polar surface area (TPSA) is 94.8 Å². The fraction of sp³-hybridized carbons (Fsp3) is 0.474. The summed E-state index contributed by atoms with van der Waals surface area (Å²) in [5.41, 5.74) is -0.0295. The van der Waals surface area contributed by atoms with Gasteiger partial charge in [-0.2, -0.15) is 4.98 Å². The zero-order valence-electron chi connectivity index (χ0n) is 15.9. The molecule has 0 saturated carbocycles. The molecule has 1 aliphatic rings. The summed E-state index contributed by atoms with van der Waals surface area (Å²) in [5, 5.41) is 3.81. The first-order chi connectivity index (χ1) is 12.8. The largest absolute Gasteiger partial charge is 0.496 e. The van der Waals surface area contributed by atoms with Crippen LogP contribution in [0.15, 0.2) is 28.8 Å². The predicted octanol–water partition coefficient (Wildman–Crippen LogP) is 3.33. The van der Waals surface area contributed by atoms with Crippen LogP contribution in [0.5, 0.6) is 5.75 Å². The van der Waals surface area contributed by atoms with E-state index in [1.54, 1.807) is 40.0 Å². The molecule has 3 rings (SSSR count). The van der Waals surface area contributed by atoms with Gasteiger partial charge in [-0.25, -0.2) is 4.79 Å². The average molecular weight is 373 g/mol. The zero-order valence-corrected chi connectivity index (χ0v) is 15.9. The third-order valence-electron chi connectivity index (χ3n) is 4.17. The lowest BCUT2D eigenvalue weighted by molar-refractivity contribution is 0.0221. The van der Waals surface area contributed by atoms with Crippen LogP contribution in [-0.4, -0.2) is 52.2 Å². The molecule has 1 aliphatic heterocycles. The van der Waals surface area contributed by atoms with Gasteiger partial charge in [-0.05, 0) is 45.7 Å². The van der Waals surface area contributed by atoms with Crippen LogP contribution in [0.1, 0.15) is 44.2 Å².